The second kappa shape index (κ2) is 7.11. The van der Waals surface area contributed by atoms with Crippen LogP contribution in [0.3, 0.4) is 0 Å². The van der Waals surface area contributed by atoms with Gasteiger partial charge in [-0.05, 0) is 52.8 Å². The van der Waals surface area contributed by atoms with E-state index in [0.29, 0.717) is 25.9 Å². The van der Waals surface area contributed by atoms with Gasteiger partial charge in [0, 0.05) is 15.9 Å². The van der Waals surface area contributed by atoms with Crippen LogP contribution >= 0.6 is 38.9 Å². The van der Waals surface area contributed by atoms with Crippen LogP contribution in [0.1, 0.15) is 11.8 Å². The average molecular weight is 410 g/mol. The van der Waals surface area contributed by atoms with Gasteiger partial charge in [0.1, 0.15) is 4.21 Å². The monoisotopic (exact) mass is 408 g/mol. The molecule has 0 amide bonds. The van der Waals surface area contributed by atoms with Crippen molar-refractivity contribution < 1.29 is 8.42 Å². The molecule has 4 nitrogen and oxygen atoms in total. The van der Waals surface area contributed by atoms with Gasteiger partial charge in [-0.25, -0.2) is 8.42 Å². The number of halogens is 2. The molecule has 2 N–H and O–H groups in total. The van der Waals surface area contributed by atoms with E-state index in [1.54, 1.807) is 24.3 Å². The molecule has 0 fully saturated rings. The summed E-state index contributed by atoms with van der Waals surface area (Å²) in [4.78, 5) is 0.981. The van der Waals surface area contributed by atoms with Crippen molar-refractivity contribution in [3.8, 4) is 0 Å². The van der Waals surface area contributed by atoms with Gasteiger partial charge in [0.05, 0.1) is 10.7 Å². The van der Waals surface area contributed by atoms with E-state index in [2.05, 4.69) is 26.0 Å². The molecule has 1 aromatic carbocycles. The smallest absolute Gasteiger partial charge is 0.271 e. The van der Waals surface area contributed by atoms with Gasteiger partial charge >= 0.3 is 0 Å². The fourth-order valence-electron chi connectivity index (χ4n) is 1.61. The summed E-state index contributed by atoms with van der Waals surface area (Å²) in [5.41, 5.74) is 0.466. The third-order valence-electron chi connectivity index (χ3n) is 2.62. The molecular weight excluding hydrogens is 396 g/mol. The van der Waals surface area contributed by atoms with Crippen LogP contribution in [0, 0.1) is 0 Å². The molecule has 2 rings (SSSR count). The summed E-state index contributed by atoms with van der Waals surface area (Å²) in [6.45, 7) is 3.52. The van der Waals surface area contributed by atoms with Crippen molar-refractivity contribution in [2.75, 3.05) is 11.3 Å². The van der Waals surface area contributed by atoms with E-state index in [-0.39, 0.29) is 0 Å². The molecule has 8 heteroatoms. The normalized spacial score (nSPS) is 11.6. The van der Waals surface area contributed by atoms with Crippen LogP contribution in [0.25, 0.3) is 0 Å². The molecule has 0 atom stereocenters. The van der Waals surface area contributed by atoms with Gasteiger partial charge in [0.2, 0.25) is 0 Å². The van der Waals surface area contributed by atoms with Gasteiger partial charge < -0.3 is 5.32 Å². The van der Waals surface area contributed by atoms with Crippen molar-refractivity contribution in [3.05, 3.63) is 44.7 Å². The van der Waals surface area contributed by atoms with Crippen molar-refractivity contribution in [3.63, 3.8) is 0 Å². The molecule has 2 aromatic rings. The number of benzene rings is 1. The Morgan fingerprint density at radius 2 is 2.05 bits per heavy atom. The Balaban J connectivity index is 2.17. The fraction of sp³-hybridized carbons (Fsp3) is 0.231. The Hall–Kier alpha value is -0.600. The van der Waals surface area contributed by atoms with Crippen molar-refractivity contribution >= 4 is 54.6 Å². The summed E-state index contributed by atoms with van der Waals surface area (Å²) in [6.07, 6.45) is 0. The third kappa shape index (κ3) is 4.43. The molecule has 0 bridgehead atoms. The highest BCUT2D eigenvalue weighted by Crippen LogP contribution is 2.28. The Labute approximate surface area is 141 Å². The van der Waals surface area contributed by atoms with Crippen LogP contribution in [0.5, 0.6) is 0 Å². The largest absolute Gasteiger partial charge is 0.312 e. The zero-order valence-electron chi connectivity index (χ0n) is 11.2. The number of anilines is 1. The summed E-state index contributed by atoms with van der Waals surface area (Å²) in [5.74, 6) is 0. The molecule has 21 heavy (non-hydrogen) atoms. The van der Waals surface area contributed by atoms with Crippen LogP contribution in [-0.4, -0.2) is 15.0 Å². The first kappa shape index (κ1) is 16.8. The Morgan fingerprint density at radius 1 is 1.29 bits per heavy atom. The maximum absolute atomic E-state index is 12.3. The third-order valence-corrected chi connectivity index (χ3v) is 6.80. The first-order valence-electron chi connectivity index (χ1n) is 6.19. The second-order valence-electron chi connectivity index (χ2n) is 4.24. The zero-order chi connectivity index (χ0) is 15.5. The first-order valence-corrected chi connectivity index (χ1v) is 9.66. The van der Waals surface area contributed by atoms with Crippen LogP contribution < -0.4 is 10.0 Å². The molecule has 0 saturated carbocycles. The number of hydrogen-bond acceptors (Lipinski definition) is 4. The molecule has 0 aliphatic heterocycles. The first-order chi connectivity index (χ1) is 9.92. The highest BCUT2D eigenvalue weighted by molar-refractivity contribution is 9.10. The van der Waals surface area contributed by atoms with Crippen molar-refractivity contribution in [2.45, 2.75) is 17.7 Å². The van der Waals surface area contributed by atoms with E-state index in [4.69, 9.17) is 11.6 Å². The lowest BCUT2D eigenvalue weighted by Gasteiger charge is -2.07. The minimum Gasteiger partial charge on any atom is -0.312 e. The minimum atomic E-state index is -3.57. The summed E-state index contributed by atoms with van der Waals surface area (Å²) >= 11 is 10.4. The highest BCUT2D eigenvalue weighted by atomic mass is 79.9. The van der Waals surface area contributed by atoms with Crippen LogP contribution in [0.4, 0.5) is 5.69 Å². The lowest BCUT2D eigenvalue weighted by atomic mass is 10.3. The summed E-state index contributed by atoms with van der Waals surface area (Å²) in [6, 6.07) is 8.32. The Kier molecular flexibility index (Phi) is 5.67. The molecule has 1 aromatic heterocycles. The molecule has 0 saturated heterocycles. The van der Waals surface area contributed by atoms with Gasteiger partial charge in [-0.1, -0.05) is 18.5 Å². The summed E-state index contributed by atoms with van der Waals surface area (Å²) < 4.78 is 28.1. The standard InChI is InChI=1S/C13H14BrClN2O2S2/c1-2-16-8-10-4-6-13(20-10)21(18,19)17-9-3-5-12(15)11(14)7-9/h3-7,16-17H,2,8H2,1H3. The number of rotatable bonds is 6. The molecule has 0 aliphatic rings. The second-order valence-corrected chi connectivity index (χ2v) is 8.57. The van der Waals surface area contributed by atoms with Crippen molar-refractivity contribution in [2.24, 2.45) is 0 Å². The zero-order valence-corrected chi connectivity index (χ0v) is 15.2. The van der Waals surface area contributed by atoms with Crippen LogP contribution in [-0.2, 0) is 16.6 Å². The van der Waals surface area contributed by atoms with Gasteiger partial charge in [0.15, 0.2) is 0 Å². The van der Waals surface area contributed by atoms with Gasteiger partial charge in [-0.15, -0.1) is 11.3 Å². The van der Waals surface area contributed by atoms with E-state index in [1.807, 2.05) is 13.0 Å². The molecule has 0 unspecified atom stereocenters. The SMILES string of the molecule is CCNCc1ccc(S(=O)(=O)Nc2ccc(Cl)c(Br)c2)s1. The number of thiophene rings is 1. The van der Waals surface area contributed by atoms with E-state index >= 15 is 0 Å². The number of sulfonamides is 1. The lowest BCUT2D eigenvalue weighted by Crippen LogP contribution is -2.11. The van der Waals surface area contributed by atoms with Gasteiger partial charge in [-0.3, -0.25) is 4.72 Å². The topological polar surface area (TPSA) is 58.2 Å². The minimum absolute atomic E-state index is 0.293. The molecule has 0 spiro atoms. The average Bonchev–Trinajstić information content (AvgIpc) is 2.90. The van der Waals surface area contributed by atoms with E-state index in [0.717, 1.165) is 11.4 Å². The predicted octanol–water partition coefficient (Wildman–Crippen LogP) is 4.07. The molecular formula is C13H14BrClN2O2S2. The van der Waals surface area contributed by atoms with E-state index in [1.165, 1.54) is 11.3 Å². The summed E-state index contributed by atoms with van der Waals surface area (Å²) in [5, 5.41) is 3.70. The van der Waals surface area contributed by atoms with E-state index < -0.39 is 10.0 Å². The van der Waals surface area contributed by atoms with Crippen molar-refractivity contribution in [1.29, 1.82) is 0 Å². The van der Waals surface area contributed by atoms with Crippen LogP contribution in [0.15, 0.2) is 39.0 Å². The maximum atomic E-state index is 12.3. The molecule has 1 heterocycles. The fourth-order valence-corrected chi connectivity index (χ4v) is 4.48. The molecule has 0 radical (unpaired) electrons. The summed E-state index contributed by atoms with van der Waals surface area (Å²) in [7, 11) is -3.57. The quantitative estimate of drug-likeness (QED) is 0.756. The van der Waals surface area contributed by atoms with Crippen molar-refractivity contribution in [1.82, 2.24) is 5.32 Å². The van der Waals surface area contributed by atoms with Crippen LogP contribution in [0.2, 0.25) is 5.02 Å². The Bertz CT molecular complexity index is 732. The predicted molar refractivity (Wildman–Crippen MR) is 91.7 cm³/mol. The maximum Gasteiger partial charge on any atom is 0.271 e. The highest BCUT2D eigenvalue weighted by Gasteiger charge is 2.17. The Morgan fingerprint density at radius 3 is 2.71 bits per heavy atom. The number of hydrogen-bond donors (Lipinski definition) is 2. The number of nitrogens with one attached hydrogen (secondary N) is 2. The lowest BCUT2D eigenvalue weighted by molar-refractivity contribution is 0.603. The van der Waals surface area contributed by atoms with E-state index in [9.17, 15) is 8.42 Å². The van der Waals surface area contributed by atoms with Gasteiger partial charge in [-0.2, -0.15) is 0 Å². The van der Waals surface area contributed by atoms with Gasteiger partial charge in [0.25, 0.3) is 10.0 Å². The molecule has 114 valence electrons. The molecule has 0 aliphatic carbocycles.